The molecule has 0 bridgehead atoms. The SMILES string of the molecule is CCOc1ccc(S(=O)(=O)N2CCC(c3nc4ccccc4[nH]3)CC2)cc1OCC. The summed E-state index contributed by atoms with van der Waals surface area (Å²) in [6.07, 6.45) is 1.46. The Balaban J connectivity index is 1.50. The minimum atomic E-state index is -3.60. The quantitative estimate of drug-likeness (QED) is 0.615. The molecule has 1 aliphatic heterocycles. The van der Waals surface area contributed by atoms with Crippen molar-refractivity contribution in [2.45, 2.75) is 37.5 Å². The molecule has 0 radical (unpaired) electrons. The lowest BCUT2D eigenvalue weighted by molar-refractivity contribution is 0.286. The topological polar surface area (TPSA) is 84.5 Å². The standard InChI is InChI=1S/C22H27N3O4S/c1-3-28-20-10-9-17(15-21(20)29-4-2)30(26,27)25-13-11-16(12-14-25)22-23-18-7-5-6-8-19(18)24-22/h5-10,15-16H,3-4,11-14H2,1-2H3,(H,23,24). The summed E-state index contributed by atoms with van der Waals surface area (Å²) >= 11 is 0. The molecule has 0 unspecified atom stereocenters. The highest BCUT2D eigenvalue weighted by atomic mass is 32.2. The third-order valence-corrected chi connectivity index (χ3v) is 7.30. The highest BCUT2D eigenvalue weighted by Gasteiger charge is 2.31. The molecular formula is C22H27N3O4S. The van der Waals surface area contributed by atoms with Gasteiger partial charge in [-0.1, -0.05) is 12.1 Å². The van der Waals surface area contributed by atoms with Crippen molar-refractivity contribution < 1.29 is 17.9 Å². The van der Waals surface area contributed by atoms with Crippen LogP contribution in [0.5, 0.6) is 11.5 Å². The predicted molar refractivity (Wildman–Crippen MR) is 116 cm³/mol. The molecular weight excluding hydrogens is 402 g/mol. The lowest BCUT2D eigenvalue weighted by Gasteiger charge is -2.30. The molecule has 1 saturated heterocycles. The van der Waals surface area contributed by atoms with E-state index in [9.17, 15) is 8.42 Å². The van der Waals surface area contributed by atoms with Crippen LogP contribution in [0.2, 0.25) is 0 Å². The molecule has 1 N–H and O–H groups in total. The number of benzene rings is 2. The van der Waals surface area contributed by atoms with Crippen LogP contribution in [0.4, 0.5) is 0 Å². The number of nitrogens with one attached hydrogen (secondary N) is 1. The Hall–Kier alpha value is -2.58. The summed E-state index contributed by atoms with van der Waals surface area (Å²) in [6, 6.07) is 12.8. The molecule has 1 aliphatic rings. The van der Waals surface area contributed by atoms with Gasteiger partial charge >= 0.3 is 0 Å². The third-order valence-electron chi connectivity index (χ3n) is 5.40. The fraction of sp³-hybridized carbons (Fsp3) is 0.409. The summed E-state index contributed by atoms with van der Waals surface area (Å²) in [6.45, 7) is 5.59. The van der Waals surface area contributed by atoms with Gasteiger partial charge < -0.3 is 14.5 Å². The zero-order valence-electron chi connectivity index (χ0n) is 17.3. The summed E-state index contributed by atoms with van der Waals surface area (Å²) in [5.74, 6) is 2.18. The summed E-state index contributed by atoms with van der Waals surface area (Å²) in [7, 11) is -3.60. The number of nitrogens with zero attached hydrogens (tertiary/aromatic N) is 2. The molecule has 0 spiro atoms. The van der Waals surface area contributed by atoms with Gasteiger partial charge in [-0.2, -0.15) is 4.31 Å². The molecule has 0 saturated carbocycles. The van der Waals surface area contributed by atoms with Crippen molar-refractivity contribution in [1.82, 2.24) is 14.3 Å². The fourth-order valence-corrected chi connectivity index (χ4v) is 5.36. The van der Waals surface area contributed by atoms with E-state index in [0.29, 0.717) is 37.8 Å². The van der Waals surface area contributed by atoms with Gasteiger partial charge in [0, 0.05) is 25.1 Å². The van der Waals surface area contributed by atoms with Gasteiger partial charge in [0.1, 0.15) is 5.82 Å². The number of aromatic amines is 1. The Bertz CT molecular complexity index is 1090. The number of rotatable bonds is 7. The van der Waals surface area contributed by atoms with Gasteiger partial charge in [-0.3, -0.25) is 0 Å². The molecule has 160 valence electrons. The van der Waals surface area contributed by atoms with Crippen LogP contribution in [-0.2, 0) is 10.0 Å². The first kappa shape index (κ1) is 20.7. The highest BCUT2D eigenvalue weighted by Crippen LogP contribution is 2.34. The van der Waals surface area contributed by atoms with E-state index in [1.807, 2.05) is 38.1 Å². The van der Waals surface area contributed by atoms with Gasteiger partial charge in [-0.05, 0) is 51.0 Å². The molecule has 1 aromatic heterocycles. The number of hydrogen-bond donors (Lipinski definition) is 1. The summed E-state index contributed by atoms with van der Waals surface area (Å²) < 4.78 is 39.1. The second-order valence-corrected chi connectivity index (χ2v) is 9.23. The van der Waals surface area contributed by atoms with E-state index >= 15 is 0 Å². The van der Waals surface area contributed by atoms with Crippen LogP contribution >= 0.6 is 0 Å². The van der Waals surface area contributed by atoms with Crippen molar-refractivity contribution in [2.24, 2.45) is 0 Å². The Morgan fingerprint density at radius 2 is 1.73 bits per heavy atom. The smallest absolute Gasteiger partial charge is 0.243 e. The minimum absolute atomic E-state index is 0.225. The number of ether oxygens (including phenoxy) is 2. The first-order valence-corrected chi connectivity index (χ1v) is 11.8. The largest absolute Gasteiger partial charge is 0.490 e. The number of fused-ring (bicyclic) bond motifs is 1. The molecule has 0 aliphatic carbocycles. The second-order valence-electron chi connectivity index (χ2n) is 7.29. The first-order chi connectivity index (χ1) is 14.5. The zero-order valence-corrected chi connectivity index (χ0v) is 18.1. The van der Waals surface area contributed by atoms with Crippen LogP contribution in [0.25, 0.3) is 11.0 Å². The number of aromatic nitrogens is 2. The van der Waals surface area contributed by atoms with E-state index < -0.39 is 10.0 Å². The van der Waals surface area contributed by atoms with Crippen LogP contribution in [0, 0.1) is 0 Å². The van der Waals surface area contributed by atoms with Gasteiger partial charge in [0.15, 0.2) is 11.5 Å². The Labute approximate surface area is 177 Å². The van der Waals surface area contributed by atoms with Crippen molar-refractivity contribution in [2.75, 3.05) is 26.3 Å². The normalized spacial score (nSPS) is 16.1. The summed E-state index contributed by atoms with van der Waals surface area (Å²) in [4.78, 5) is 8.30. The van der Waals surface area contributed by atoms with Crippen molar-refractivity contribution in [3.8, 4) is 11.5 Å². The molecule has 8 heteroatoms. The van der Waals surface area contributed by atoms with Gasteiger partial charge in [-0.25, -0.2) is 13.4 Å². The van der Waals surface area contributed by atoms with E-state index in [4.69, 9.17) is 9.47 Å². The van der Waals surface area contributed by atoms with Gasteiger partial charge in [-0.15, -0.1) is 0 Å². The molecule has 4 rings (SSSR count). The molecule has 2 aromatic carbocycles. The molecule has 3 aromatic rings. The van der Waals surface area contributed by atoms with Crippen LogP contribution in [0.1, 0.15) is 38.4 Å². The Morgan fingerprint density at radius 3 is 2.43 bits per heavy atom. The Kier molecular flexibility index (Phi) is 5.97. The van der Waals surface area contributed by atoms with Crippen molar-refractivity contribution in [3.63, 3.8) is 0 Å². The molecule has 30 heavy (non-hydrogen) atoms. The van der Waals surface area contributed by atoms with Gasteiger partial charge in [0.25, 0.3) is 0 Å². The van der Waals surface area contributed by atoms with E-state index in [2.05, 4.69) is 9.97 Å². The summed E-state index contributed by atoms with van der Waals surface area (Å²) in [5.41, 5.74) is 1.96. The first-order valence-electron chi connectivity index (χ1n) is 10.4. The van der Waals surface area contributed by atoms with E-state index in [0.717, 1.165) is 29.7 Å². The summed E-state index contributed by atoms with van der Waals surface area (Å²) in [5, 5.41) is 0. The highest BCUT2D eigenvalue weighted by molar-refractivity contribution is 7.89. The predicted octanol–water partition coefficient (Wildman–Crippen LogP) is 3.93. The number of sulfonamides is 1. The van der Waals surface area contributed by atoms with Crippen LogP contribution in [0.15, 0.2) is 47.4 Å². The van der Waals surface area contributed by atoms with Crippen LogP contribution in [-0.4, -0.2) is 49.0 Å². The van der Waals surface area contributed by atoms with Crippen molar-refractivity contribution >= 4 is 21.1 Å². The second kappa shape index (κ2) is 8.65. The van der Waals surface area contributed by atoms with Crippen molar-refractivity contribution in [3.05, 3.63) is 48.3 Å². The van der Waals surface area contributed by atoms with E-state index in [-0.39, 0.29) is 10.8 Å². The number of piperidine rings is 1. The van der Waals surface area contributed by atoms with E-state index in [1.54, 1.807) is 22.5 Å². The van der Waals surface area contributed by atoms with Gasteiger partial charge in [0.05, 0.1) is 29.1 Å². The Morgan fingerprint density at radius 1 is 1.03 bits per heavy atom. The number of H-pyrrole nitrogens is 1. The monoisotopic (exact) mass is 429 g/mol. The third kappa shape index (κ3) is 4.02. The lowest BCUT2D eigenvalue weighted by Crippen LogP contribution is -2.38. The molecule has 0 amide bonds. The maximum absolute atomic E-state index is 13.2. The van der Waals surface area contributed by atoms with Crippen molar-refractivity contribution in [1.29, 1.82) is 0 Å². The van der Waals surface area contributed by atoms with E-state index in [1.165, 1.54) is 0 Å². The zero-order chi connectivity index (χ0) is 21.1. The van der Waals surface area contributed by atoms with Crippen LogP contribution in [0.3, 0.4) is 0 Å². The molecule has 1 fully saturated rings. The molecule has 7 nitrogen and oxygen atoms in total. The average molecular weight is 430 g/mol. The fourth-order valence-electron chi connectivity index (χ4n) is 3.88. The number of para-hydroxylation sites is 2. The van der Waals surface area contributed by atoms with Gasteiger partial charge in [0.2, 0.25) is 10.0 Å². The maximum atomic E-state index is 13.2. The number of imidazole rings is 1. The lowest BCUT2D eigenvalue weighted by atomic mass is 9.97. The maximum Gasteiger partial charge on any atom is 0.243 e. The number of hydrogen-bond acceptors (Lipinski definition) is 5. The average Bonchev–Trinajstić information content (AvgIpc) is 3.20. The molecule has 2 heterocycles. The molecule has 0 atom stereocenters. The minimum Gasteiger partial charge on any atom is -0.490 e. The van der Waals surface area contributed by atoms with Crippen LogP contribution < -0.4 is 9.47 Å².